The summed E-state index contributed by atoms with van der Waals surface area (Å²) in [4.78, 5) is 17.7. The SMILES string of the molecule is Cc1cccc(CN(C)C(C(=O)O)c2ccccc2)n1. The van der Waals surface area contributed by atoms with Gasteiger partial charge in [-0.3, -0.25) is 14.7 Å². The molecule has 1 atom stereocenters. The van der Waals surface area contributed by atoms with E-state index in [0.29, 0.717) is 6.54 Å². The molecule has 0 bridgehead atoms. The maximum absolute atomic E-state index is 11.5. The van der Waals surface area contributed by atoms with Gasteiger partial charge in [-0.2, -0.15) is 0 Å². The molecule has 0 aliphatic heterocycles. The van der Waals surface area contributed by atoms with Crippen LogP contribution in [0.3, 0.4) is 0 Å². The quantitative estimate of drug-likeness (QED) is 0.907. The number of nitrogens with zero attached hydrogens (tertiary/aromatic N) is 2. The van der Waals surface area contributed by atoms with Gasteiger partial charge in [-0.1, -0.05) is 36.4 Å². The smallest absolute Gasteiger partial charge is 0.325 e. The maximum Gasteiger partial charge on any atom is 0.325 e. The summed E-state index contributed by atoms with van der Waals surface area (Å²) in [5.41, 5.74) is 2.58. The first-order valence-electron chi connectivity index (χ1n) is 6.48. The van der Waals surface area contributed by atoms with Gasteiger partial charge in [-0.25, -0.2) is 0 Å². The molecular formula is C16H18N2O2. The van der Waals surface area contributed by atoms with Crippen molar-refractivity contribution in [3.8, 4) is 0 Å². The van der Waals surface area contributed by atoms with E-state index in [1.807, 2.05) is 55.5 Å². The van der Waals surface area contributed by atoms with E-state index < -0.39 is 12.0 Å². The summed E-state index contributed by atoms with van der Waals surface area (Å²) in [6.45, 7) is 2.42. The minimum atomic E-state index is -0.855. The number of rotatable bonds is 5. The van der Waals surface area contributed by atoms with Crippen LogP contribution < -0.4 is 0 Å². The molecular weight excluding hydrogens is 252 g/mol. The first kappa shape index (κ1) is 14.2. The van der Waals surface area contributed by atoms with Gasteiger partial charge < -0.3 is 5.11 Å². The molecule has 1 N–H and O–H groups in total. The fraction of sp³-hybridized carbons (Fsp3) is 0.250. The summed E-state index contributed by atoms with van der Waals surface area (Å²) in [5, 5.41) is 9.47. The number of pyridine rings is 1. The average molecular weight is 270 g/mol. The molecule has 104 valence electrons. The third kappa shape index (κ3) is 3.42. The van der Waals surface area contributed by atoms with Gasteiger partial charge >= 0.3 is 5.97 Å². The van der Waals surface area contributed by atoms with E-state index in [2.05, 4.69) is 4.98 Å². The number of carbonyl (C=O) groups is 1. The molecule has 2 aromatic rings. The van der Waals surface area contributed by atoms with Crippen molar-refractivity contribution >= 4 is 5.97 Å². The zero-order chi connectivity index (χ0) is 14.5. The predicted molar refractivity (Wildman–Crippen MR) is 77.3 cm³/mol. The Labute approximate surface area is 118 Å². The zero-order valence-electron chi connectivity index (χ0n) is 11.7. The fourth-order valence-electron chi connectivity index (χ4n) is 2.26. The Morgan fingerprint density at radius 1 is 1.20 bits per heavy atom. The number of aryl methyl sites for hydroxylation is 1. The average Bonchev–Trinajstić information content (AvgIpc) is 2.39. The molecule has 4 heteroatoms. The van der Waals surface area contributed by atoms with Crippen LogP contribution in [0.2, 0.25) is 0 Å². The van der Waals surface area contributed by atoms with E-state index in [0.717, 1.165) is 17.0 Å². The maximum atomic E-state index is 11.5. The topological polar surface area (TPSA) is 53.4 Å². The van der Waals surface area contributed by atoms with Gasteiger partial charge in [0.2, 0.25) is 0 Å². The first-order valence-corrected chi connectivity index (χ1v) is 6.48. The lowest BCUT2D eigenvalue weighted by Crippen LogP contribution is -2.30. The summed E-state index contributed by atoms with van der Waals surface area (Å²) >= 11 is 0. The van der Waals surface area contributed by atoms with Crippen LogP contribution in [0.25, 0.3) is 0 Å². The van der Waals surface area contributed by atoms with Gasteiger partial charge in [0, 0.05) is 12.2 Å². The molecule has 0 radical (unpaired) electrons. The Morgan fingerprint density at radius 2 is 1.90 bits per heavy atom. The molecule has 20 heavy (non-hydrogen) atoms. The molecule has 0 fully saturated rings. The van der Waals surface area contributed by atoms with E-state index in [9.17, 15) is 9.90 Å². The van der Waals surface area contributed by atoms with Crippen molar-refractivity contribution in [2.75, 3.05) is 7.05 Å². The van der Waals surface area contributed by atoms with Crippen molar-refractivity contribution < 1.29 is 9.90 Å². The Bertz CT molecular complexity index is 584. The molecule has 1 aromatic carbocycles. The second-order valence-corrected chi connectivity index (χ2v) is 4.84. The Balaban J connectivity index is 2.20. The lowest BCUT2D eigenvalue weighted by Gasteiger charge is -2.24. The monoisotopic (exact) mass is 270 g/mol. The van der Waals surface area contributed by atoms with Crippen LogP contribution in [-0.4, -0.2) is 28.0 Å². The molecule has 0 amide bonds. The molecule has 0 saturated heterocycles. The number of carboxylic acid groups (broad SMARTS) is 1. The minimum absolute atomic E-state index is 0.494. The highest BCUT2D eigenvalue weighted by atomic mass is 16.4. The number of likely N-dealkylation sites (N-methyl/N-ethyl adjacent to an activating group) is 1. The molecule has 1 unspecified atom stereocenters. The van der Waals surface area contributed by atoms with Crippen molar-refractivity contribution in [3.63, 3.8) is 0 Å². The molecule has 2 rings (SSSR count). The van der Waals surface area contributed by atoms with Crippen LogP contribution in [0, 0.1) is 6.92 Å². The number of aromatic nitrogens is 1. The lowest BCUT2D eigenvalue weighted by molar-refractivity contribution is -0.143. The van der Waals surface area contributed by atoms with E-state index in [1.54, 1.807) is 11.9 Å². The fourth-order valence-corrected chi connectivity index (χ4v) is 2.26. The van der Waals surface area contributed by atoms with E-state index in [-0.39, 0.29) is 0 Å². The van der Waals surface area contributed by atoms with Crippen LogP contribution in [-0.2, 0) is 11.3 Å². The van der Waals surface area contributed by atoms with Gasteiger partial charge in [-0.05, 0) is 31.7 Å². The number of carboxylic acids is 1. The molecule has 0 aliphatic carbocycles. The Kier molecular flexibility index (Phi) is 4.48. The van der Waals surface area contributed by atoms with Crippen molar-refractivity contribution in [1.29, 1.82) is 0 Å². The van der Waals surface area contributed by atoms with Crippen LogP contribution >= 0.6 is 0 Å². The largest absolute Gasteiger partial charge is 0.480 e. The Hall–Kier alpha value is -2.20. The predicted octanol–water partition coefficient (Wildman–Crippen LogP) is 2.65. The molecule has 1 aromatic heterocycles. The van der Waals surface area contributed by atoms with Gasteiger partial charge in [0.25, 0.3) is 0 Å². The van der Waals surface area contributed by atoms with Crippen molar-refractivity contribution in [3.05, 3.63) is 65.5 Å². The standard InChI is InChI=1S/C16H18N2O2/c1-12-7-6-10-14(17-12)11-18(2)15(16(19)20)13-8-4-3-5-9-13/h3-10,15H,11H2,1-2H3,(H,19,20). The van der Waals surface area contributed by atoms with E-state index in [4.69, 9.17) is 0 Å². The Morgan fingerprint density at radius 3 is 2.50 bits per heavy atom. The molecule has 4 nitrogen and oxygen atoms in total. The number of hydrogen-bond acceptors (Lipinski definition) is 3. The third-order valence-electron chi connectivity index (χ3n) is 3.15. The molecule has 1 heterocycles. The molecule has 0 aliphatic rings. The normalized spacial score (nSPS) is 12.3. The number of hydrogen-bond donors (Lipinski definition) is 1. The highest BCUT2D eigenvalue weighted by Gasteiger charge is 2.24. The second kappa shape index (κ2) is 6.30. The zero-order valence-corrected chi connectivity index (χ0v) is 11.7. The van der Waals surface area contributed by atoms with Gasteiger partial charge in [-0.15, -0.1) is 0 Å². The van der Waals surface area contributed by atoms with E-state index >= 15 is 0 Å². The summed E-state index contributed by atoms with van der Waals surface area (Å²) in [5.74, 6) is -0.855. The highest BCUT2D eigenvalue weighted by molar-refractivity contribution is 5.75. The van der Waals surface area contributed by atoms with Gasteiger partial charge in [0.15, 0.2) is 0 Å². The third-order valence-corrected chi connectivity index (χ3v) is 3.15. The lowest BCUT2D eigenvalue weighted by atomic mass is 10.1. The second-order valence-electron chi connectivity index (χ2n) is 4.84. The van der Waals surface area contributed by atoms with Crippen LogP contribution in [0.15, 0.2) is 48.5 Å². The molecule has 0 spiro atoms. The van der Waals surface area contributed by atoms with Gasteiger partial charge in [0.1, 0.15) is 6.04 Å². The van der Waals surface area contributed by atoms with Crippen LogP contribution in [0.1, 0.15) is 23.0 Å². The van der Waals surface area contributed by atoms with Crippen LogP contribution in [0.5, 0.6) is 0 Å². The summed E-state index contributed by atoms with van der Waals surface area (Å²) < 4.78 is 0. The van der Waals surface area contributed by atoms with Crippen molar-refractivity contribution in [1.82, 2.24) is 9.88 Å². The van der Waals surface area contributed by atoms with Gasteiger partial charge in [0.05, 0.1) is 5.69 Å². The summed E-state index contributed by atoms with van der Waals surface area (Å²) in [6, 6.07) is 14.3. The summed E-state index contributed by atoms with van der Waals surface area (Å²) in [6.07, 6.45) is 0. The van der Waals surface area contributed by atoms with Crippen LogP contribution in [0.4, 0.5) is 0 Å². The summed E-state index contributed by atoms with van der Waals surface area (Å²) in [7, 11) is 1.80. The van der Waals surface area contributed by atoms with Crippen molar-refractivity contribution in [2.45, 2.75) is 19.5 Å². The van der Waals surface area contributed by atoms with Crippen molar-refractivity contribution in [2.24, 2.45) is 0 Å². The minimum Gasteiger partial charge on any atom is -0.480 e. The van der Waals surface area contributed by atoms with E-state index in [1.165, 1.54) is 0 Å². The first-order chi connectivity index (χ1) is 9.58. The molecule has 0 saturated carbocycles. The highest BCUT2D eigenvalue weighted by Crippen LogP contribution is 2.21. The number of benzene rings is 1. The number of aliphatic carboxylic acids is 1.